The van der Waals surface area contributed by atoms with Crippen LogP contribution in [0.15, 0.2) is 29.4 Å². The lowest BCUT2D eigenvalue weighted by Crippen LogP contribution is -2.33. The van der Waals surface area contributed by atoms with Gasteiger partial charge in [0.2, 0.25) is 5.91 Å². The second-order valence-corrected chi connectivity index (χ2v) is 5.22. The van der Waals surface area contributed by atoms with Crippen molar-refractivity contribution in [3.63, 3.8) is 0 Å². The van der Waals surface area contributed by atoms with Crippen molar-refractivity contribution < 1.29 is 14.7 Å². The Kier molecular flexibility index (Phi) is 5.57. The number of hydrogen-bond donors (Lipinski definition) is 3. The molecule has 0 atom stereocenters. The van der Waals surface area contributed by atoms with Gasteiger partial charge in [-0.15, -0.1) is 0 Å². The van der Waals surface area contributed by atoms with E-state index in [-0.39, 0.29) is 11.7 Å². The van der Waals surface area contributed by atoms with Crippen molar-refractivity contribution in [2.45, 2.75) is 19.3 Å². The fraction of sp³-hybridized carbons (Fsp3) is 0.467. The molecule has 1 aromatic rings. The summed E-state index contributed by atoms with van der Waals surface area (Å²) in [5, 5.41) is 14.5. The van der Waals surface area contributed by atoms with Crippen LogP contribution in [0.5, 0.6) is 0 Å². The van der Waals surface area contributed by atoms with E-state index in [1.807, 2.05) is 0 Å². The molecule has 21 heavy (non-hydrogen) atoms. The van der Waals surface area contributed by atoms with Crippen LogP contribution in [0.4, 0.5) is 0 Å². The molecule has 0 saturated carbocycles. The average molecular weight is 291 g/mol. The van der Waals surface area contributed by atoms with Gasteiger partial charge in [0.05, 0.1) is 6.42 Å². The molecule has 1 fully saturated rings. The summed E-state index contributed by atoms with van der Waals surface area (Å²) in [6.07, 6.45) is 2.35. The average Bonchev–Trinajstić information content (AvgIpc) is 2.54. The van der Waals surface area contributed by atoms with Gasteiger partial charge in [-0.05, 0) is 24.3 Å². The summed E-state index contributed by atoms with van der Waals surface area (Å²) in [4.78, 5) is 11.9. The summed E-state index contributed by atoms with van der Waals surface area (Å²) in [7, 11) is 0. The van der Waals surface area contributed by atoms with E-state index >= 15 is 0 Å². The van der Waals surface area contributed by atoms with E-state index in [0.717, 1.165) is 31.6 Å². The third kappa shape index (κ3) is 4.75. The first-order valence-corrected chi connectivity index (χ1v) is 7.10. The van der Waals surface area contributed by atoms with Crippen LogP contribution in [0.25, 0.3) is 0 Å². The summed E-state index contributed by atoms with van der Waals surface area (Å²) < 4.78 is 5.29. The highest BCUT2D eigenvalue weighted by Crippen LogP contribution is 2.13. The molecule has 1 heterocycles. The van der Waals surface area contributed by atoms with E-state index in [2.05, 4.69) is 10.5 Å². The second-order valence-electron chi connectivity index (χ2n) is 5.22. The highest BCUT2D eigenvalue weighted by atomic mass is 16.5. The van der Waals surface area contributed by atoms with Crippen LogP contribution in [0, 0.1) is 5.92 Å². The van der Waals surface area contributed by atoms with E-state index in [9.17, 15) is 4.79 Å². The van der Waals surface area contributed by atoms with Crippen molar-refractivity contribution in [3.8, 4) is 0 Å². The Balaban J connectivity index is 1.79. The number of nitrogens with zero attached hydrogens (tertiary/aromatic N) is 1. The third-order valence-corrected chi connectivity index (χ3v) is 3.65. The van der Waals surface area contributed by atoms with Crippen LogP contribution < -0.4 is 11.1 Å². The number of hydrogen-bond acceptors (Lipinski definition) is 4. The monoisotopic (exact) mass is 291 g/mol. The van der Waals surface area contributed by atoms with Gasteiger partial charge in [0, 0.05) is 25.3 Å². The molecule has 1 amide bonds. The number of benzene rings is 1. The molecular formula is C15H21N3O3. The largest absolute Gasteiger partial charge is 0.409 e. The number of ether oxygens (including phenoxy) is 1. The fourth-order valence-corrected chi connectivity index (χ4v) is 2.31. The summed E-state index contributed by atoms with van der Waals surface area (Å²) in [6, 6.07) is 7.08. The molecule has 114 valence electrons. The smallest absolute Gasteiger partial charge is 0.224 e. The number of rotatable bonds is 5. The molecule has 6 nitrogen and oxygen atoms in total. The number of amidine groups is 1. The molecule has 2 rings (SSSR count). The molecule has 0 radical (unpaired) electrons. The number of amides is 1. The lowest BCUT2D eigenvalue weighted by atomic mass is 10.0. The van der Waals surface area contributed by atoms with Crippen LogP contribution >= 0.6 is 0 Å². The van der Waals surface area contributed by atoms with Crippen molar-refractivity contribution in [2.75, 3.05) is 19.8 Å². The molecule has 1 aliphatic heterocycles. The van der Waals surface area contributed by atoms with Gasteiger partial charge in [-0.1, -0.05) is 29.4 Å². The van der Waals surface area contributed by atoms with Crippen LogP contribution in [-0.4, -0.2) is 36.7 Å². The molecule has 1 aromatic carbocycles. The number of nitrogens with one attached hydrogen (secondary N) is 1. The first kappa shape index (κ1) is 15.3. The van der Waals surface area contributed by atoms with Crippen LogP contribution in [0.3, 0.4) is 0 Å². The lowest BCUT2D eigenvalue weighted by Gasteiger charge is -2.22. The van der Waals surface area contributed by atoms with Crippen molar-refractivity contribution in [1.29, 1.82) is 0 Å². The number of carbonyl (C=O) groups excluding carboxylic acids is 1. The van der Waals surface area contributed by atoms with Crippen LogP contribution in [0.1, 0.15) is 24.0 Å². The van der Waals surface area contributed by atoms with E-state index in [4.69, 9.17) is 15.7 Å². The molecule has 1 saturated heterocycles. The highest BCUT2D eigenvalue weighted by Gasteiger charge is 2.14. The van der Waals surface area contributed by atoms with Crippen molar-refractivity contribution in [3.05, 3.63) is 35.4 Å². The Morgan fingerprint density at radius 2 is 2.00 bits per heavy atom. The van der Waals surface area contributed by atoms with E-state index in [0.29, 0.717) is 24.4 Å². The van der Waals surface area contributed by atoms with Gasteiger partial charge < -0.3 is 21.0 Å². The molecule has 6 heteroatoms. The molecule has 1 aliphatic rings. The number of oxime groups is 1. The predicted octanol–water partition coefficient (Wildman–Crippen LogP) is 0.866. The standard InChI is InChI=1S/C15H21N3O3/c16-15(18-20)13-3-1-11(2-4-13)9-14(19)17-10-12-5-7-21-8-6-12/h1-4,12,20H,5-10H2,(H2,16,18)(H,17,19). The van der Waals surface area contributed by atoms with Crippen LogP contribution in [-0.2, 0) is 16.0 Å². The molecule has 0 bridgehead atoms. The van der Waals surface area contributed by atoms with Crippen molar-refractivity contribution in [2.24, 2.45) is 16.8 Å². The van der Waals surface area contributed by atoms with E-state index in [1.54, 1.807) is 24.3 Å². The van der Waals surface area contributed by atoms with Crippen LogP contribution in [0.2, 0.25) is 0 Å². The van der Waals surface area contributed by atoms with Gasteiger partial charge in [0.25, 0.3) is 0 Å². The number of nitrogens with two attached hydrogens (primary N) is 1. The molecule has 4 N–H and O–H groups in total. The SMILES string of the molecule is NC(=NO)c1ccc(CC(=O)NCC2CCOCC2)cc1. The minimum Gasteiger partial charge on any atom is -0.409 e. The Morgan fingerprint density at radius 3 is 2.62 bits per heavy atom. The first-order chi connectivity index (χ1) is 10.2. The van der Waals surface area contributed by atoms with E-state index in [1.165, 1.54) is 0 Å². The van der Waals surface area contributed by atoms with Gasteiger partial charge in [0.15, 0.2) is 5.84 Å². The maximum atomic E-state index is 11.9. The molecule has 0 unspecified atom stereocenters. The minimum absolute atomic E-state index is 0.0121. The molecule has 0 spiro atoms. The van der Waals surface area contributed by atoms with E-state index < -0.39 is 0 Å². The summed E-state index contributed by atoms with van der Waals surface area (Å²) in [5.41, 5.74) is 7.01. The third-order valence-electron chi connectivity index (χ3n) is 3.65. The van der Waals surface area contributed by atoms with Gasteiger partial charge in [-0.2, -0.15) is 0 Å². The zero-order valence-corrected chi connectivity index (χ0v) is 11.9. The fourth-order valence-electron chi connectivity index (χ4n) is 2.31. The second kappa shape index (κ2) is 7.64. The van der Waals surface area contributed by atoms with Crippen molar-refractivity contribution >= 4 is 11.7 Å². The maximum absolute atomic E-state index is 11.9. The minimum atomic E-state index is 0.0121. The zero-order chi connectivity index (χ0) is 15.1. The van der Waals surface area contributed by atoms with Gasteiger partial charge in [0.1, 0.15) is 0 Å². The topological polar surface area (TPSA) is 96.9 Å². The highest BCUT2D eigenvalue weighted by molar-refractivity contribution is 5.97. The summed E-state index contributed by atoms with van der Waals surface area (Å²) >= 11 is 0. The maximum Gasteiger partial charge on any atom is 0.224 e. The predicted molar refractivity (Wildman–Crippen MR) is 79.2 cm³/mol. The summed E-state index contributed by atoms with van der Waals surface area (Å²) in [6.45, 7) is 2.29. The Morgan fingerprint density at radius 1 is 1.33 bits per heavy atom. The molecule has 0 aromatic heterocycles. The Hall–Kier alpha value is -2.08. The molecule has 0 aliphatic carbocycles. The summed E-state index contributed by atoms with van der Waals surface area (Å²) in [5.74, 6) is 0.592. The molecular weight excluding hydrogens is 270 g/mol. The normalized spacial score (nSPS) is 16.7. The Bertz CT molecular complexity index is 493. The van der Waals surface area contributed by atoms with Gasteiger partial charge in [-0.3, -0.25) is 4.79 Å². The number of carbonyl (C=O) groups is 1. The lowest BCUT2D eigenvalue weighted by molar-refractivity contribution is -0.120. The van der Waals surface area contributed by atoms with Gasteiger partial charge >= 0.3 is 0 Å². The zero-order valence-electron chi connectivity index (χ0n) is 11.9. The van der Waals surface area contributed by atoms with Gasteiger partial charge in [-0.25, -0.2) is 0 Å². The van der Waals surface area contributed by atoms with Crippen molar-refractivity contribution in [1.82, 2.24) is 5.32 Å². The Labute approximate surface area is 124 Å². The first-order valence-electron chi connectivity index (χ1n) is 7.10. The quantitative estimate of drug-likeness (QED) is 0.324.